The van der Waals surface area contributed by atoms with Crippen LogP contribution in [0.25, 0.3) is 11.4 Å². The number of nitrogens with zero attached hydrogens (tertiary/aromatic N) is 3. The molecule has 0 radical (unpaired) electrons. The van der Waals surface area contributed by atoms with Gasteiger partial charge in [0, 0.05) is 31.1 Å². The number of hydrogen-bond acceptors (Lipinski definition) is 4. The zero-order chi connectivity index (χ0) is 14.1. The van der Waals surface area contributed by atoms with Crippen molar-refractivity contribution < 1.29 is 4.52 Å². The van der Waals surface area contributed by atoms with Crippen molar-refractivity contribution in [3.05, 3.63) is 36.2 Å². The van der Waals surface area contributed by atoms with Crippen LogP contribution in [0.5, 0.6) is 0 Å². The summed E-state index contributed by atoms with van der Waals surface area (Å²) in [6.45, 7) is 2.32. The van der Waals surface area contributed by atoms with E-state index in [1.54, 1.807) is 0 Å². The lowest BCUT2D eigenvalue weighted by Gasteiger charge is -2.23. The van der Waals surface area contributed by atoms with E-state index in [9.17, 15) is 0 Å². The van der Waals surface area contributed by atoms with Crippen LogP contribution in [0.15, 0.2) is 34.9 Å². The van der Waals surface area contributed by atoms with Crippen LogP contribution in [0.3, 0.4) is 0 Å². The zero-order valence-corrected chi connectivity index (χ0v) is 12.2. The normalized spacial score (nSPS) is 25.3. The van der Waals surface area contributed by atoms with Crippen molar-refractivity contribution in [3.63, 3.8) is 0 Å². The summed E-state index contributed by atoms with van der Waals surface area (Å²) in [5, 5.41) is 4.09. The number of likely N-dealkylation sites (tertiary alicyclic amines) is 1. The third kappa shape index (κ3) is 2.72. The average molecular weight is 283 g/mol. The predicted octanol–water partition coefficient (Wildman–Crippen LogP) is 3.15. The monoisotopic (exact) mass is 283 g/mol. The molecule has 0 N–H and O–H groups in total. The van der Waals surface area contributed by atoms with E-state index in [1.807, 2.05) is 30.3 Å². The molecule has 1 saturated heterocycles. The van der Waals surface area contributed by atoms with E-state index < -0.39 is 0 Å². The first-order valence-corrected chi connectivity index (χ1v) is 8.00. The third-order valence-corrected chi connectivity index (χ3v) is 4.88. The molecule has 0 amide bonds. The van der Waals surface area contributed by atoms with Gasteiger partial charge in [-0.25, -0.2) is 0 Å². The van der Waals surface area contributed by atoms with Crippen LogP contribution >= 0.6 is 0 Å². The second kappa shape index (κ2) is 5.60. The minimum atomic E-state index is 0.700. The van der Waals surface area contributed by atoms with Crippen LogP contribution in [-0.2, 0) is 6.42 Å². The maximum Gasteiger partial charge on any atom is 0.228 e. The third-order valence-electron chi connectivity index (χ3n) is 4.88. The zero-order valence-electron chi connectivity index (χ0n) is 12.2. The number of benzene rings is 1. The minimum absolute atomic E-state index is 0.700. The maximum atomic E-state index is 5.40. The molecule has 2 bridgehead atoms. The van der Waals surface area contributed by atoms with Crippen LogP contribution in [0.2, 0.25) is 0 Å². The molecule has 2 fully saturated rings. The van der Waals surface area contributed by atoms with Crippen molar-refractivity contribution in [1.29, 1.82) is 0 Å². The Bertz CT molecular complexity index is 595. The number of hydrogen-bond donors (Lipinski definition) is 0. The Morgan fingerprint density at radius 3 is 2.95 bits per heavy atom. The van der Waals surface area contributed by atoms with Gasteiger partial charge in [0.05, 0.1) is 0 Å². The molecule has 2 atom stereocenters. The molecule has 2 aromatic rings. The molecule has 1 aromatic heterocycles. The lowest BCUT2D eigenvalue weighted by Crippen LogP contribution is -2.30. The van der Waals surface area contributed by atoms with Crippen molar-refractivity contribution >= 4 is 0 Å². The summed E-state index contributed by atoms with van der Waals surface area (Å²) in [6.07, 6.45) is 6.47. The van der Waals surface area contributed by atoms with Gasteiger partial charge in [0.1, 0.15) is 0 Å². The van der Waals surface area contributed by atoms with Crippen molar-refractivity contribution in [2.75, 3.05) is 13.1 Å². The van der Waals surface area contributed by atoms with E-state index in [4.69, 9.17) is 4.52 Å². The standard InChI is InChI=1S/C17H21N3O/c1-2-6-14(7-3-1)17-18-16(21-19-17)9-10-20-12-13-5-4-8-15(20)11-13/h1-3,6-7,13,15H,4-5,8-12H2. The molecule has 1 aliphatic carbocycles. The van der Waals surface area contributed by atoms with E-state index in [0.29, 0.717) is 5.82 Å². The highest BCUT2D eigenvalue weighted by Crippen LogP contribution is 2.35. The molecule has 2 heterocycles. The quantitative estimate of drug-likeness (QED) is 0.864. The molecule has 1 aliphatic heterocycles. The molecular formula is C17H21N3O. The Hall–Kier alpha value is -1.68. The summed E-state index contributed by atoms with van der Waals surface area (Å²) in [5.41, 5.74) is 1.02. The lowest BCUT2D eigenvalue weighted by molar-refractivity contribution is 0.237. The summed E-state index contributed by atoms with van der Waals surface area (Å²) < 4.78 is 5.40. The summed E-state index contributed by atoms with van der Waals surface area (Å²) in [4.78, 5) is 7.15. The fourth-order valence-electron chi connectivity index (χ4n) is 3.81. The van der Waals surface area contributed by atoms with Gasteiger partial charge in [-0.1, -0.05) is 41.9 Å². The minimum Gasteiger partial charge on any atom is -0.339 e. The van der Waals surface area contributed by atoms with Gasteiger partial charge in [-0.15, -0.1) is 0 Å². The van der Waals surface area contributed by atoms with Gasteiger partial charge in [-0.2, -0.15) is 4.98 Å². The Kier molecular flexibility index (Phi) is 3.47. The summed E-state index contributed by atoms with van der Waals surface area (Å²) in [5.74, 6) is 2.40. The fourth-order valence-corrected chi connectivity index (χ4v) is 3.81. The van der Waals surface area contributed by atoms with Gasteiger partial charge in [0.25, 0.3) is 0 Å². The second-order valence-corrected chi connectivity index (χ2v) is 6.31. The molecule has 2 aliphatic rings. The van der Waals surface area contributed by atoms with Gasteiger partial charge >= 0.3 is 0 Å². The van der Waals surface area contributed by atoms with E-state index in [-0.39, 0.29) is 0 Å². The molecule has 2 unspecified atom stereocenters. The van der Waals surface area contributed by atoms with Gasteiger partial charge in [0.2, 0.25) is 11.7 Å². The van der Waals surface area contributed by atoms with E-state index in [0.717, 1.165) is 36.4 Å². The van der Waals surface area contributed by atoms with Gasteiger partial charge in [-0.3, -0.25) is 4.90 Å². The van der Waals surface area contributed by atoms with E-state index in [1.165, 1.54) is 32.2 Å². The number of fused-ring (bicyclic) bond motifs is 2. The van der Waals surface area contributed by atoms with E-state index >= 15 is 0 Å². The summed E-state index contributed by atoms with van der Waals surface area (Å²) >= 11 is 0. The van der Waals surface area contributed by atoms with Crippen molar-refractivity contribution in [3.8, 4) is 11.4 Å². The Balaban J connectivity index is 1.39. The Morgan fingerprint density at radius 1 is 1.19 bits per heavy atom. The molecule has 110 valence electrons. The highest BCUT2D eigenvalue weighted by atomic mass is 16.5. The molecule has 0 spiro atoms. The van der Waals surface area contributed by atoms with Gasteiger partial charge in [0.15, 0.2) is 0 Å². The predicted molar refractivity (Wildman–Crippen MR) is 80.8 cm³/mol. The largest absolute Gasteiger partial charge is 0.339 e. The molecule has 4 heteroatoms. The molecule has 4 rings (SSSR count). The van der Waals surface area contributed by atoms with Crippen molar-refractivity contribution in [2.45, 2.75) is 38.1 Å². The number of aromatic nitrogens is 2. The highest BCUT2D eigenvalue weighted by Gasteiger charge is 2.34. The smallest absolute Gasteiger partial charge is 0.228 e. The summed E-state index contributed by atoms with van der Waals surface area (Å²) in [6, 6.07) is 10.8. The topological polar surface area (TPSA) is 42.2 Å². The van der Waals surface area contributed by atoms with Crippen LogP contribution in [0.1, 0.15) is 31.6 Å². The van der Waals surface area contributed by atoms with Crippen LogP contribution < -0.4 is 0 Å². The second-order valence-electron chi connectivity index (χ2n) is 6.31. The van der Waals surface area contributed by atoms with E-state index in [2.05, 4.69) is 15.0 Å². The Morgan fingerprint density at radius 2 is 2.10 bits per heavy atom. The van der Waals surface area contributed by atoms with Crippen molar-refractivity contribution in [2.24, 2.45) is 5.92 Å². The summed E-state index contributed by atoms with van der Waals surface area (Å²) in [7, 11) is 0. The highest BCUT2D eigenvalue weighted by molar-refractivity contribution is 5.53. The van der Waals surface area contributed by atoms with Gasteiger partial charge in [-0.05, 0) is 25.2 Å². The first-order valence-electron chi connectivity index (χ1n) is 8.00. The van der Waals surface area contributed by atoms with Gasteiger partial charge < -0.3 is 4.52 Å². The van der Waals surface area contributed by atoms with Crippen LogP contribution in [0.4, 0.5) is 0 Å². The average Bonchev–Trinajstić information content (AvgIpc) is 3.11. The molecule has 1 saturated carbocycles. The fraction of sp³-hybridized carbons (Fsp3) is 0.529. The first-order chi connectivity index (χ1) is 10.4. The Labute approximate surface area is 125 Å². The van der Waals surface area contributed by atoms with Crippen LogP contribution in [0, 0.1) is 5.92 Å². The number of rotatable bonds is 4. The molecule has 21 heavy (non-hydrogen) atoms. The SMILES string of the molecule is c1ccc(-c2noc(CCN3CC4CCCC3C4)n2)cc1. The molecular weight excluding hydrogens is 262 g/mol. The van der Waals surface area contributed by atoms with Crippen molar-refractivity contribution in [1.82, 2.24) is 15.0 Å². The molecule has 1 aromatic carbocycles. The first kappa shape index (κ1) is 13.0. The lowest BCUT2D eigenvalue weighted by atomic mass is 9.90. The maximum absolute atomic E-state index is 5.40. The molecule has 4 nitrogen and oxygen atoms in total. The van der Waals surface area contributed by atoms with Crippen LogP contribution in [-0.4, -0.2) is 34.2 Å².